The van der Waals surface area contributed by atoms with Crippen molar-refractivity contribution in [3.05, 3.63) is 59.8 Å². The molecule has 0 radical (unpaired) electrons. The molecular formula is C28H34F3N5O4S2. The Morgan fingerprint density at radius 2 is 1.79 bits per heavy atom. The van der Waals surface area contributed by atoms with Crippen LogP contribution in [0.2, 0.25) is 0 Å². The SMILES string of the molecule is Cc1ccc(S(=O)(=O)NC(=O)c2ccc(-n3ccc(OCC4(C(F)(F)F)CC4)n3)nc2N2C[C@@H](C)CC2(C)C)cc1.S. The maximum Gasteiger partial charge on any atom is 0.397 e. The lowest BCUT2D eigenvalue weighted by Crippen LogP contribution is -2.41. The van der Waals surface area contributed by atoms with Crippen LogP contribution in [0.3, 0.4) is 0 Å². The average Bonchev–Trinajstić information content (AvgIpc) is 3.46. The highest BCUT2D eigenvalue weighted by atomic mass is 32.2. The third-order valence-corrected chi connectivity index (χ3v) is 9.09. The molecule has 2 aromatic heterocycles. The molecule has 2 fully saturated rings. The van der Waals surface area contributed by atoms with Crippen LogP contribution in [0.1, 0.15) is 56.0 Å². The summed E-state index contributed by atoms with van der Waals surface area (Å²) in [6.07, 6.45) is -1.96. The highest BCUT2D eigenvalue weighted by Gasteiger charge is 2.64. The van der Waals surface area contributed by atoms with Gasteiger partial charge in [-0.2, -0.15) is 26.7 Å². The molecule has 0 spiro atoms. The van der Waals surface area contributed by atoms with Gasteiger partial charge >= 0.3 is 6.18 Å². The van der Waals surface area contributed by atoms with Gasteiger partial charge in [0.05, 0.1) is 10.5 Å². The summed E-state index contributed by atoms with van der Waals surface area (Å²) in [5.41, 5.74) is -1.27. The molecular weight excluding hydrogens is 591 g/mol. The molecule has 228 valence electrons. The molecule has 1 aliphatic heterocycles. The lowest BCUT2D eigenvalue weighted by Gasteiger charge is -2.34. The number of halogens is 3. The molecule has 14 heteroatoms. The number of ether oxygens (including phenoxy) is 1. The molecule has 3 heterocycles. The summed E-state index contributed by atoms with van der Waals surface area (Å²) in [7, 11) is -4.15. The Hall–Kier alpha value is -3.26. The molecule has 1 N–H and O–H groups in total. The van der Waals surface area contributed by atoms with Crippen molar-refractivity contribution in [2.45, 2.75) is 63.6 Å². The van der Waals surface area contributed by atoms with Gasteiger partial charge < -0.3 is 9.64 Å². The number of aryl methyl sites for hydroxylation is 1. The van der Waals surface area contributed by atoms with Crippen LogP contribution >= 0.6 is 13.5 Å². The van der Waals surface area contributed by atoms with Crippen molar-refractivity contribution in [2.24, 2.45) is 11.3 Å². The Morgan fingerprint density at radius 1 is 1.12 bits per heavy atom. The number of amides is 1. The molecule has 3 aromatic rings. The Bertz CT molecular complexity index is 1570. The zero-order valence-corrected chi connectivity index (χ0v) is 25.5. The van der Waals surface area contributed by atoms with Gasteiger partial charge in [0.25, 0.3) is 15.9 Å². The molecule has 0 bridgehead atoms. The predicted octanol–water partition coefficient (Wildman–Crippen LogP) is 5.15. The van der Waals surface area contributed by atoms with Gasteiger partial charge in [-0.05, 0) is 70.2 Å². The van der Waals surface area contributed by atoms with Gasteiger partial charge in [-0.15, -0.1) is 5.10 Å². The molecule has 2 aliphatic rings. The number of sulfonamides is 1. The molecule has 1 saturated carbocycles. The van der Waals surface area contributed by atoms with Gasteiger partial charge in [0.2, 0.25) is 5.88 Å². The minimum atomic E-state index is -4.34. The summed E-state index contributed by atoms with van der Waals surface area (Å²) < 4.78 is 74.7. The predicted molar refractivity (Wildman–Crippen MR) is 156 cm³/mol. The smallest absolute Gasteiger partial charge is 0.397 e. The Balaban J connectivity index is 0.00000405. The summed E-state index contributed by atoms with van der Waals surface area (Å²) in [5, 5.41) is 4.24. The van der Waals surface area contributed by atoms with Crippen molar-refractivity contribution >= 4 is 35.2 Å². The Morgan fingerprint density at radius 3 is 2.36 bits per heavy atom. The number of rotatable bonds is 8. The number of hydrogen-bond acceptors (Lipinski definition) is 7. The van der Waals surface area contributed by atoms with Crippen molar-refractivity contribution < 1.29 is 31.1 Å². The first-order valence-corrected chi connectivity index (χ1v) is 14.8. The Kier molecular flexibility index (Phi) is 8.37. The molecule has 0 unspecified atom stereocenters. The summed E-state index contributed by atoms with van der Waals surface area (Å²) in [6, 6.07) is 10.6. The van der Waals surface area contributed by atoms with Crippen LogP contribution in [0.25, 0.3) is 5.82 Å². The number of alkyl halides is 3. The van der Waals surface area contributed by atoms with Gasteiger partial charge in [0.1, 0.15) is 17.8 Å². The quantitative estimate of drug-likeness (QED) is 0.369. The number of benzene rings is 1. The van der Waals surface area contributed by atoms with Gasteiger partial charge in [0.15, 0.2) is 5.82 Å². The van der Waals surface area contributed by atoms with E-state index < -0.39 is 34.1 Å². The van der Waals surface area contributed by atoms with Crippen LogP contribution < -0.4 is 14.4 Å². The lowest BCUT2D eigenvalue weighted by molar-refractivity contribution is -0.194. The van der Waals surface area contributed by atoms with Crippen LogP contribution in [-0.2, 0) is 10.0 Å². The number of hydrogen-bond donors (Lipinski definition) is 1. The largest absolute Gasteiger partial charge is 0.476 e. The van der Waals surface area contributed by atoms with Crippen molar-refractivity contribution in [1.29, 1.82) is 0 Å². The van der Waals surface area contributed by atoms with E-state index in [9.17, 15) is 26.4 Å². The monoisotopic (exact) mass is 625 g/mol. The van der Waals surface area contributed by atoms with E-state index in [-0.39, 0.29) is 60.0 Å². The first kappa shape index (κ1) is 31.7. The maximum absolute atomic E-state index is 13.4. The van der Waals surface area contributed by atoms with Gasteiger partial charge in [-0.25, -0.2) is 22.8 Å². The second-order valence-corrected chi connectivity index (χ2v) is 13.4. The fourth-order valence-electron chi connectivity index (χ4n) is 5.25. The zero-order valence-electron chi connectivity index (χ0n) is 23.7. The van der Waals surface area contributed by atoms with E-state index in [0.29, 0.717) is 12.4 Å². The number of nitrogens with one attached hydrogen (secondary N) is 1. The van der Waals surface area contributed by atoms with Crippen LogP contribution in [0.4, 0.5) is 19.0 Å². The topological polar surface area (TPSA) is 106 Å². The minimum absolute atomic E-state index is 0. The average molecular weight is 626 g/mol. The number of pyridine rings is 1. The van der Waals surface area contributed by atoms with E-state index in [1.807, 2.05) is 25.7 Å². The second kappa shape index (κ2) is 11.1. The van der Waals surface area contributed by atoms with Crippen LogP contribution in [0.5, 0.6) is 5.88 Å². The standard InChI is InChI=1S/C28H32F3N5O4S.H2S/c1-18-5-7-20(8-6-18)41(38,39)34-25(37)21-9-10-22(32-24(21)35-16-19(2)15-26(35,3)4)36-14-11-23(33-36)40-17-27(12-13-27)28(29,30)31;/h5-11,14,19H,12-13,15-17H2,1-4H3,(H,34,37);1H2/t19-;/m0./s1. The molecule has 1 amide bonds. The summed E-state index contributed by atoms with van der Waals surface area (Å²) in [5.74, 6) is 0.0441. The molecule has 42 heavy (non-hydrogen) atoms. The summed E-state index contributed by atoms with van der Waals surface area (Å²) >= 11 is 0. The van der Waals surface area contributed by atoms with Crippen molar-refractivity contribution in [3.63, 3.8) is 0 Å². The maximum atomic E-state index is 13.4. The van der Waals surface area contributed by atoms with Crippen molar-refractivity contribution in [3.8, 4) is 11.7 Å². The van der Waals surface area contributed by atoms with Crippen LogP contribution in [-0.4, -0.2) is 54.0 Å². The number of carbonyl (C=O) groups is 1. The normalized spacial score (nSPS) is 19.2. The fourth-order valence-corrected chi connectivity index (χ4v) is 6.21. The number of nitrogens with zero attached hydrogens (tertiary/aromatic N) is 4. The molecule has 1 aliphatic carbocycles. The van der Waals surface area contributed by atoms with E-state index in [1.54, 1.807) is 12.1 Å². The minimum Gasteiger partial charge on any atom is -0.476 e. The van der Waals surface area contributed by atoms with E-state index in [0.717, 1.165) is 12.0 Å². The molecule has 5 rings (SSSR count). The first-order valence-electron chi connectivity index (χ1n) is 13.3. The van der Waals surface area contributed by atoms with Gasteiger partial charge in [-0.3, -0.25) is 4.79 Å². The van der Waals surface area contributed by atoms with Crippen LogP contribution in [0, 0.1) is 18.3 Å². The van der Waals surface area contributed by atoms with E-state index in [1.165, 1.54) is 41.2 Å². The number of anilines is 1. The fraction of sp³-hybridized carbons (Fsp3) is 0.464. The van der Waals surface area contributed by atoms with E-state index >= 15 is 0 Å². The molecule has 1 saturated heterocycles. The summed E-state index contributed by atoms with van der Waals surface area (Å²) in [4.78, 5) is 20.0. The van der Waals surface area contributed by atoms with E-state index in [4.69, 9.17) is 9.72 Å². The molecule has 1 atom stereocenters. The van der Waals surface area contributed by atoms with E-state index in [2.05, 4.69) is 16.7 Å². The lowest BCUT2D eigenvalue weighted by atomic mass is 9.97. The third kappa shape index (κ3) is 6.24. The Labute approximate surface area is 250 Å². The van der Waals surface area contributed by atoms with Crippen molar-refractivity contribution in [2.75, 3.05) is 18.1 Å². The zero-order chi connectivity index (χ0) is 29.8. The molecule has 1 aromatic carbocycles. The van der Waals surface area contributed by atoms with Gasteiger partial charge in [0, 0.05) is 24.3 Å². The third-order valence-electron chi connectivity index (χ3n) is 7.74. The van der Waals surface area contributed by atoms with Crippen LogP contribution in [0.15, 0.2) is 53.6 Å². The highest BCUT2D eigenvalue weighted by Crippen LogP contribution is 2.57. The second-order valence-electron chi connectivity index (χ2n) is 11.7. The molecule has 9 nitrogen and oxygen atoms in total. The number of carbonyl (C=O) groups excluding carboxylic acids is 1. The number of aromatic nitrogens is 3. The van der Waals surface area contributed by atoms with Gasteiger partial charge in [-0.1, -0.05) is 24.6 Å². The van der Waals surface area contributed by atoms with Crippen molar-refractivity contribution in [1.82, 2.24) is 19.5 Å². The summed E-state index contributed by atoms with van der Waals surface area (Å²) in [6.45, 7) is 8.02. The first-order chi connectivity index (χ1) is 19.1. The highest BCUT2D eigenvalue weighted by molar-refractivity contribution is 7.90.